The zero-order valence-electron chi connectivity index (χ0n) is 12.3. The fraction of sp³-hybridized carbons (Fsp3) is 0.111. The van der Waals surface area contributed by atoms with Gasteiger partial charge in [0.15, 0.2) is 6.10 Å². The molecular formula is C18H13FO3S. The van der Waals surface area contributed by atoms with Crippen LogP contribution < -0.4 is 0 Å². The molecule has 0 aliphatic heterocycles. The molecule has 0 N–H and O–H groups in total. The average Bonchev–Trinajstić information content (AvgIpc) is 2.99. The van der Waals surface area contributed by atoms with Crippen LogP contribution in [0.25, 0.3) is 10.1 Å². The molecule has 0 fully saturated rings. The summed E-state index contributed by atoms with van der Waals surface area (Å²) in [6, 6.07) is 14.5. The van der Waals surface area contributed by atoms with Crippen LogP contribution in [0.5, 0.6) is 0 Å². The summed E-state index contributed by atoms with van der Waals surface area (Å²) in [4.78, 5) is 24.8. The third-order valence-electron chi connectivity index (χ3n) is 3.41. The van der Waals surface area contributed by atoms with Gasteiger partial charge in [0, 0.05) is 10.3 Å². The summed E-state index contributed by atoms with van der Waals surface area (Å²) in [5, 5.41) is 0.960. The molecule has 1 heterocycles. The first kappa shape index (κ1) is 15.4. The summed E-state index contributed by atoms with van der Waals surface area (Å²) in [6.07, 6.45) is -0.932. The maximum absolute atomic E-state index is 12.9. The predicted molar refractivity (Wildman–Crippen MR) is 87.4 cm³/mol. The molecule has 2 aromatic carbocycles. The Balaban J connectivity index is 1.73. The number of carbonyl (C=O) groups excluding carboxylic acids is 2. The van der Waals surface area contributed by atoms with Gasteiger partial charge in [-0.25, -0.2) is 9.18 Å². The van der Waals surface area contributed by atoms with Crippen LogP contribution in [0.4, 0.5) is 4.39 Å². The highest BCUT2D eigenvalue weighted by Crippen LogP contribution is 2.26. The molecule has 0 saturated heterocycles. The van der Waals surface area contributed by atoms with Gasteiger partial charge in [0.2, 0.25) is 5.78 Å². The molecule has 0 aliphatic carbocycles. The number of thiophene rings is 1. The zero-order valence-corrected chi connectivity index (χ0v) is 13.1. The number of fused-ring (bicyclic) bond motifs is 1. The van der Waals surface area contributed by atoms with Crippen LogP contribution in [0.1, 0.15) is 27.0 Å². The van der Waals surface area contributed by atoms with Crippen LogP contribution in [0.3, 0.4) is 0 Å². The summed E-state index contributed by atoms with van der Waals surface area (Å²) in [5.74, 6) is -1.31. The second kappa shape index (κ2) is 6.30. The Labute approximate surface area is 136 Å². The van der Waals surface area contributed by atoms with E-state index >= 15 is 0 Å². The summed E-state index contributed by atoms with van der Waals surface area (Å²) >= 11 is 1.32. The van der Waals surface area contributed by atoms with Crippen molar-refractivity contribution < 1.29 is 18.7 Å². The van der Waals surface area contributed by atoms with Gasteiger partial charge in [-0.1, -0.05) is 18.2 Å². The van der Waals surface area contributed by atoms with E-state index < -0.39 is 17.9 Å². The highest BCUT2D eigenvalue weighted by Gasteiger charge is 2.21. The molecule has 5 heteroatoms. The van der Waals surface area contributed by atoms with E-state index in [-0.39, 0.29) is 5.78 Å². The maximum atomic E-state index is 12.9. The van der Waals surface area contributed by atoms with Crippen molar-refractivity contribution in [2.45, 2.75) is 13.0 Å². The van der Waals surface area contributed by atoms with Crippen molar-refractivity contribution >= 4 is 33.2 Å². The second-order valence-electron chi connectivity index (χ2n) is 5.07. The third kappa shape index (κ3) is 3.29. The summed E-state index contributed by atoms with van der Waals surface area (Å²) in [6.45, 7) is 1.51. The molecule has 1 aromatic heterocycles. The maximum Gasteiger partial charge on any atom is 0.349 e. The lowest BCUT2D eigenvalue weighted by Crippen LogP contribution is -2.24. The van der Waals surface area contributed by atoms with Gasteiger partial charge in [0.05, 0.1) is 0 Å². The van der Waals surface area contributed by atoms with Gasteiger partial charge in [0.1, 0.15) is 10.7 Å². The molecule has 1 atom stereocenters. The fourth-order valence-electron chi connectivity index (χ4n) is 2.20. The topological polar surface area (TPSA) is 43.4 Å². The first-order chi connectivity index (χ1) is 11.0. The molecule has 0 radical (unpaired) electrons. The first-order valence-electron chi connectivity index (χ1n) is 7.04. The number of hydrogen-bond acceptors (Lipinski definition) is 4. The number of halogens is 1. The molecule has 3 nitrogen and oxygen atoms in total. The largest absolute Gasteiger partial charge is 0.450 e. The molecule has 0 aliphatic rings. The van der Waals surface area contributed by atoms with Crippen LogP contribution in [0, 0.1) is 5.82 Å². The molecule has 0 unspecified atom stereocenters. The van der Waals surface area contributed by atoms with Crippen molar-refractivity contribution in [2.75, 3.05) is 0 Å². The van der Waals surface area contributed by atoms with Gasteiger partial charge < -0.3 is 4.74 Å². The Bertz CT molecular complexity index is 834. The Hall–Kier alpha value is -2.53. The van der Waals surface area contributed by atoms with Crippen molar-refractivity contribution in [3.63, 3.8) is 0 Å². The predicted octanol–water partition coefficient (Wildman–Crippen LogP) is 4.47. The molecule has 0 amide bonds. The number of benzene rings is 2. The molecule has 0 saturated carbocycles. The van der Waals surface area contributed by atoms with E-state index in [1.807, 2.05) is 24.3 Å². The van der Waals surface area contributed by atoms with Gasteiger partial charge in [-0.15, -0.1) is 11.3 Å². The SMILES string of the molecule is C[C@@H](OC(=O)c1cc2ccccc2s1)C(=O)c1ccc(F)cc1. The van der Waals surface area contributed by atoms with Crippen molar-refractivity contribution in [1.29, 1.82) is 0 Å². The smallest absolute Gasteiger partial charge is 0.349 e. The quantitative estimate of drug-likeness (QED) is 0.524. The van der Waals surface area contributed by atoms with Gasteiger partial charge >= 0.3 is 5.97 Å². The van der Waals surface area contributed by atoms with Crippen LogP contribution in [-0.2, 0) is 4.74 Å². The summed E-state index contributed by atoms with van der Waals surface area (Å²) in [7, 11) is 0. The molecule has 0 bridgehead atoms. The van der Waals surface area contributed by atoms with E-state index in [2.05, 4.69) is 0 Å². The minimum absolute atomic E-state index is 0.308. The molecule has 116 valence electrons. The lowest BCUT2D eigenvalue weighted by molar-refractivity contribution is 0.0323. The van der Waals surface area contributed by atoms with E-state index in [1.54, 1.807) is 6.07 Å². The number of ether oxygens (including phenoxy) is 1. The Morgan fingerprint density at radius 2 is 1.78 bits per heavy atom. The van der Waals surface area contributed by atoms with Crippen molar-refractivity contribution in [3.05, 3.63) is 70.9 Å². The number of carbonyl (C=O) groups is 2. The van der Waals surface area contributed by atoms with Gasteiger partial charge in [-0.3, -0.25) is 4.79 Å². The van der Waals surface area contributed by atoms with Crippen LogP contribution >= 0.6 is 11.3 Å². The average molecular weight is 328 g/mol. The van der Waals surface area contributed by atoms with Crippen LogP contribution in [0.2, 0.25) is 0 Å². The van der Waals surface area contributed by atoms with Crippen molar-refractivity contribution in [1.82, 2.24) is 0 Å². The monoisotopic (exact) mass is 328 g/mol. The molecule has 3 aromatic rings. The first-order valence-corrected chi connectivity index (χ1v) is 7.85. The Morgan fingerprint density at radius 3 is 2.48 bits per heavy atom. The normalized spacial score (nSPS) is 12.1. The van der Waals surface area contributed by atoms with E-state index in [0.717, 1.165) is 10.1 Å². The van der Waals surface area contributed by atoms with Crippen LogP contribution in [-0.4, -0.2) is 17.9 Å². The number of rotatable bonds is 4. The van der Waals surface area contributed by atoms with E-state index in [0.29, 0.717) is 10.4 Å². The van der Waals surface area contributed by atoms with E-state index in [9.17, 15) is 14.0 Å². The highest BCUT2D eigenvalue weighted by atomic mass is 32.1. The van der Waals surface area contributed by atoms with E-state index in [4.69, 9.17) is 4.74 Å². The van der Waals surface area contributed by atoms with Crippen LogP contribution in [0.15, 0.2) is 54.6 Å². The Morgan fingerprint density at radius 1 is 1.09 bits per heavy atom. The standard InChI is InChI=1S/C18H13FO3S/c1-11(17(20)12-6-8-14(19)9-7-12)22-18(21)16-10-13-4-2-3-5-15(13)23-16/h2-11H,1H3/t11-/m1/s1. The third-order valence-corrected chi connectivity index (χ3v) is 4.50. The summed E-state index contributed by atoms with van der Waals surface area (Å²) in [5.41, 5.74) is 0.308. The Kier molecular flexibility index (Phi) is 4.21. The van der Waals surface area contributed by atoms with Gasteiger partial charge in [-0.2, -0.15) is 0 Å². The lowest BCUT2D eigenvalue weighted by atomic mass is 10.1. The molecule has 3 rings (SSSR count). The van der Waals surface area contributed by atoms with Crippen molar-refractivity contribution in [2.24, 2.45) is 0 Å². The van der Waals surface area contributed by atoms with Gasteiger partial charge in [-0.05, 0) is 48.7 Å². The van der Waals surface area contributed by atoms with E-state index in [1.165, 1.54) is 42.5 Å². The number of hydrogen-bond donors (Lipinski definition) is 0. The molecular weight excluding hydrogens is 315 g/mol. The minimum atomic E-state index is -0.932. The van der Waals surface area contributed by atoms with Gasteiger partial charge in [0.25, 0.3) is 0 Å². The summed E-state index contributed by atoms with van der Waals surface area (Å²) < 4.78 is 19.1. The minimum Gasteiger partial charge on any atom is -0.450 e. The number of ketones is 1. The molecule has 0 spiro atoms. The molecule has 23 heavy (non-hydrogen) atoms. The zero-order chi connectivity index (χ0) is 16.4. The fourth-order valence-corrected chi connectivity index (χ4v) is 3.15. The lowest BCUT2D eigenvalue weighted by Gasteiger charge is -2.11. The number of Topliss-reactive ketones (excluding diaryl/α,β-unsaturated/α-hetero) is 1. The second-order valence-corrected chi connectivity index (χ2v) is 6.15. The highest BCUT2D eigenvalue weighted by molar-refractivity contribution is 7.20. The van der Waals surface area contributed by atoms with Crippen molar-refractivity contribution in [3.8, 4) is 0 Å². The number of esters is 1.